The van der Waals surface area contributed by atoms with E-state index in [1.54, 1.807) is 7.11 Å². The van der Waals surface area contributed by atoms with Crippen LogP contribution in [0.25, 0.3) is 0 Å². The van der Waals surface area contributed by atoms with Gasteiger partial charge < -0.3 is 10.5 Å². The Morgan fingerprint density at radius 2 is 2.31 bits per heavy atom. The second kappa shape index (κ2) is 5.35. The van der Waals surface area contributed by atoms with Crippen LogP contribution in [0.15, 0.2) is 18.2 Å². The van der Waals surface area contributed by atoms with Crippen LogP contribution in [0.3, 0.4) is 0 Å². The molecule has 0 spiro atoms. The highest BCUT2D eigenvalue weighted by atomic mass is 16.5. The van der Waals surface area contributed by atoms with Crippen LogP contribution < -0.4 is 10.5 Å². The number of hydrogen-bond acceptors (Lipinski definition) is 2. The van der Waals surface area contributed by atoms with Gasteiger partial charge in [0.05, 0.1) is 7.11 Å². The van der Waals surface area contributed by atoms with Crippen LogP contribution in [0.1, 0.15) is 30.4 Å². The second-order valence-corrected chi connectivity index (χ2v) is 4.64. The van der Waals surface area contributed by atoms with Crippen LogP contribution in [0.5, 0.6) is 5.75 Å². The molecule has 1 aromatic rings. The molecule has 1 aliphatic rings. The van der Waals surface area contributed by atoms with Crippen molar-refractivity contribution in [1.29, 1.82) is 0 Å². The SMILES string of the molecule is COc1cccc2c1CC[C@H](CCCN)C2. The molecule has 1 aromatic carbocycles. The Labute approximate surface area is 97.8 Å². The average molecular weight is 219 g/mol. The molecule has 0 aromatic heterocycles. The lowest BCUT2D eigenvalue weighted by atomic mass is 9.81. The Hall–Kier alpha value is -1.02. The molecular weight excluding hydrogens is 198 g/mol. The molecule has 2 rings (SSSR count). The molecule has 2 heteroatoms. The van der Waals surface area contributed by atoms with Crippen molar-refractivity contribution in [2.75, 3.05) is 13.7 Å². The zero-order chi connectivity index (χ0) is 11.4. The third kappa shape index (κ3) is 2.38. The minimum atomic E-state index is 0.821. The smallest absolute Gasteiger partial charge is 0.122 e. The molecule has 0 aliphatic heterocycles. The van der Waals surface area contributed by atoms with E-state index in [1.165, 1.54) is 30.4 Å². The zero-order valence-electron chi connectivity index (χ0n) is 10.0. The maximum atomic E-state index is 5.57. The number of ether oxygens (including phenoxy) is 1. The summed E-state index contributed by atoms with van der Waals surface area (Å²) in [6.45, 7) is 0.821. The Kier molecular flexibility index (Phi) is 3.83. The predicted molar refractivity (Wildman–Crippen MR) is 66.8 cm³/mol. The molecule has 0 fully saturated rings. The van der Waals surface area contributed by atoms with E-state index in [9.17, 15) is 0 Å². The van der Waals surface area contributed by atoms with E-state index < -0.39 is 0 Å². The Morgan fingerprint density at radius 1 is 1.44 bits per heavy atom. The van der Waals surface area contributed by atoms with Crippen LogP contribution in [0.4, 0.5) is 0 Å². The van der Waals surface area contributed by atoms with Gasteiger partial charge >= 0.3 is 0 Å². The highest BCUT2D eigenvalue weighted by Gasteiger charge is 2.20. The van der Waals surface area contributed by atoms with Crippen molar-refractivity contribution in [3.63, 3.8) is 0 Å². The summed E-state index contributed by atoms with van der Waals surface area (Å²) in [6.07, 6.45) is 6.08. The van der Waals surface area contributed by atoms with Crippen molar-refractivity contribution >= 4 is 0 Å². The topological polar surface area (TPSA) is 35.2 Å². The molecule has 1 aliphatic carbocycles. The summed E-state index contributed by atoms with van der Waals surface area (Å²) in [5, 5.41) is 0. The van der Waals surface area contributed by atoms with Gasteiger partial charge in [0.25, 0.3) is 0 Å². The molecule has 0 amide bonds. The third-order valence-corrected chi connectivity index (χ3v) is 3.58. The van der Waals surface area contributed by atoms with E-state index in [0.717, 1.165) is 31.1 Å². The largest absolute Gasteiger partial charge is 0.496 e. The standard InChI is InChI=1S/C14H21NO/c1-16-14-6-2-5-12-10-11(4-3-9-15)7-8-13(12)14/h2,5-6,11H,3-4,7-10,15H2,1H3/t11-/m0/s1. The van der Waals surface area contributed by atoms with E-state index in [2.05, 4.69) is 18.2 Å². The molecule has 0 saturated heterocycles. The van der Waals surface area contributed by atoms with Gasteiger partial charge in [-0.2, -0.15) is 0 Å². The van der Waals surface area contributed by atoms with Gasteiger partial charge in [-0.05, 0) is 61.8 Å². The van der Waals surface area contributed by atoms with E-state index in [1.807, 2.05) is 0 Å². The van der Waals surface area contributed by atoms with Crippen molar-refractivity contribution in [2.24, 2.45) is 11.7 Å². The van der Waals surface area contributed by atoms with Crippen LogP contribution in [0.2, 0.25) is 0 Å². The fourth-order valence-electron chi connectivity index (χ4n) is 2.69. The van der Waals surface area contributed by atoms with Gasteiger partial charge in [0.1, 0.15) is 5.75 Å². The number of fused-ring (bicyclic) bond motifs is 1. The quantitative estimate of drug-likeness (QED) is 0.844. The first-order valence-corrected chi connectivity index (χ1v) is 6.20. The van der Waals surface area contributed by atoms with Crippen LogP contribution in [-0.4, -0.2) is 13.7 Å². The maximum Gasteiger partial charge on any atom is 0.122 e. The molecular formula is C14H21NO. The first kappa shape index (κ1) is 11.5. The normalized spacial score (nSPS) is 19.2. The first-order valence-electron chi connectivity index (χ1n) is 6.20. The fourth-order valence-corrected chi connectivity index (χ4v) is 2.69. The maximum absolute atomic E-state index is 5.57. The molecule has 2 nitrogen and oxygen atoms in total. The summed E-state index contributed by atoms with van der Waals surface area (Å²) in [6, 6.07) is 6.41. The summed E-state index contributed by atoms with van der Waals surface area (Å²) in [4.78, 5) is 0. The molecule has 0 saturated carbocycles. The second-order valence-electron chi connectivity index (χ2n) is 4.64. The number of hydrogen-bond donors (Lipinski definition) is 1. The Balaban J connectivity index is 2.09. The highest BCUT2D eigenvalue weighted by molar-refractivity contribution is 5.41. The number of rotatable bonds is 4. The minimum Gasteiger partial charge on any atom is -0.496 e. The summed E-state index contributed by atoms with van der Waals surface area (Å²) in [7, 11) is 1.76. The van der Waals surface area contributed by atoms with Crippen LogP contribution >= 0.6 is 0 Å². The summed E-state index contributed by atoms with van der Waals surface area (Å²) >= 11 is 0. The van der Waals surface area contributed by atoms with Gasteiger partial charge in [-0.1, -0.05) is 12.1 Å². The predicted octanol–water partition coefficient (Wildman–Crippen LogP) is 2.54. The van der Waals surface area contributed by atoms with Crippen molar-refractivity contribution in [2.45, 2.75) is 32.1 Å². The summed E-state index contributed by atoms with van der Waals surface area (Å²) in [5.74, 6) is 1.89. The average Bonchev–Trinajstić information content (AvgIpc) is 2.35. The van der Waals surface area contributed by atoms with Crippen molar-refractivity contribution in [3.05, 3.63) is 29.3 Å². The monoisotopic (exact) mass is 219 g/mol. The van der Waals surface area contributed by atoms with E-state index in [0.29, 0.717) is 0 Å². The number of methoxy groups -OCH3 is 1. The lowest BCUT2D eigenvalue weighted by molar-refractivity contribution is 0.384. The first-order chi connectivity index (χ1) is 7.85. The van der Waals surface area contributed by atoms with Gasteiger partial charge in [0, 0.05) is 0 Å². The third-order valence-electron chi connectivity index (χ3n) is 3.58. The lowest BCUT2D eigenvalue weighted by Crippen LogP contribution is -2.16. The molecule has 0 heterocycles. The van der Waals surface area contributed by atoms with Gasteiger partial charge in [-0.3, -0.25) is 0 Å². The van der Waals surface area contributed by atoms with Crippen LogP contribution in [-0.2, 0) is 12.8 Å². The molecule has 16 heavy (non-hydrogen) atoms. The molecule has 88 valence electrons. The van der Waals surface area contributed by atoms with E-state index >= 15 is 0 Å². The number of benzene rings is 1. The van der Waals surface area contributed by atoms with Gasteiger partial charge in [-0.25, -0.2) is 0 Å². The van der Waals surface area contributed by atoms with Crippen molar-refractivity contribution < 1.29 is 4.74 Å². The van der Waals surface area contributed by atoms with Crippen molar-refractivity contribution in [1.82, 2.24) is 0 Å². The van der Waals surface area contributed by atoms with E-state index in [4.69, 9.17) is 10.5 Å². The van der Waals surface area contributed by atoms with Gasteiger partial charge in [-0.15, -0.1) is 0 Å². The van der Waals surface area contributed by atoms with Crippen molar-refractivity contribution in [3.8, 4) is 5.75 Å². The zero-order valence-corrected chi connectivity index (χ0v) is 10.0. The van der Waals surface area contributed by atoms with Gasteiger partial charge in [0.15, 0.2) is 0 Å². The fraction of sp³-hybridized carbons (Fsp3) is 0.571. The summed E-state index contributed by atoms with van der Waals surface area (Å²) in [5.41, 5.74) is 8.47. The van der Waals surface area contributed by atoms with Gasteiger partial charge in [0.2, 0.25) is 0 Å². The summed E-state index contributed by atoms with van der Waals surface area (Å²) < 4.78 is 5.41. The molecule has 2 N–H and O–H groups in total. The van der Waals surface area contributed by atoms with E-state index in [-0.39, 0.29) is 0 Å². The highest BCUT2D eigenvalue weighted by Crippen LogP contribution is 2.33. The Bertz CT molecular complexity index is 349. The molecule has 0 radical (unpaired) electrons. The molecule has 0 bridgehead atoms. The lowest BCUT2D eigenvalue weighted by Gasteiger charge is -2.25. The number of nitrogens with two attached hydrogens (primary N) is 1. The Morgan fingerprint density at radius 3 is 3.06 bits per heavy atom. The molecule has 1 atom stereocenters. The van der Waals surface area contributed by atoms with Crippen LogP contribution in [0, 0.1) is 5.92 Å². The minimum absolute atomic E-state index is 0.821. The molecule has 0 unspecified atom stereocenters.